The molecule has 0 aliphatic carbocycles. The summed E-state index contributed by atoms with van der Waals surface area (Å²) >= 11 is 6.34. The van der Waals surface area contributed by atoms with Crippen molar-refractivity contribution in [2.45, 2.75) is 45.5 Å². The molecule has 0 saturated heterocycles. The Bertz CT molecular complexity index is 380. The Morgan fingerprint density at radius 3 is 2.63 bits per heavy atom. The van der Waals surface area contributed by atoms with Gasteiger partial charge in [-0.2, -0.15) is 5.10 Å². The van der Waals surface area contributed by atoms with Crippen molar-refractivity contribution < 1.29 is 9.47 Å². The lowest BCUT2D eigenvalue weighted by Gasteiger charge is -2.08. The van der Waals surface area contributed by atoms with Crippen molar-refractivity contribution in [3.63, 3.8) is 0 Å². The standard InChI is InChI=1S/C14H25ClN2O2/c1-5-13(15)14-11(2)16-17(12(14)3)7-6-8-19-10-9-18-4/h13H,5-10H2,1-4H3. The maximum absolute atomic E-state index is 6.34. The van der Waals surface area contributed by atoms with Crippen LogP contribution >= 0.6 is 11.6 Å². The molecule has 0 aliphatic heterocycles. The molecule has 0 N–H and O–H groups in total. The van der Waals surface area contributed by atoms with E-state index in [1.807, 2.05) is 11.6 Å². The number of ether oxygens (including phenoxy) is 2. The minimum atomic E-state index is 0.0618. The van der Waals surface area contributed by atoms with Crippen molar-refractivity contribution in [2.24, 2.45) is 0 Å². The lowest BCUT2D eigenvalue weighted by Crippen LogP contribution is -2.08. The summed E-state index contributed by atoms with van der Waals surface area (Å²) in [7, 11) is 1.68. The summed E-state index contributed by atoms with van der Waals surface area (Å²) < 4.78 is 12.4. The van der Waals surface area contributed by atoms with E-state index in [-0.39, 0.29) is 5.38 Å². The SMILES string of the molecule is CCC(Cl)c1c(C)nn(CCCOCCOC)c1C. The van der Waals surface area contributed by atoms with E-state index in [1.165, 1.54) is 11.3 Å². The molecule has 5 heteroatoms. The highest BCUT2D eigenvalue weighted by molar-refractivity contribution is 6.20. The first-order valence-corrected chi connectivity index (χ1v) is 7.30. The molecule has 0 amide bonds. The molecule has 19 heavy (non-hydrogen) atoms. The Labute approximate surface area is 121 Å². The number of alkyl halides is 1. The number of methoxy groups -OCH3 is 1. The van der Waals surface area contributed by atoms with E-state index >= 15 is 0 Å². The number of aryl methyl sites for hydroxylation is 2. The van der Waals surface area contributed by atoms with Crippen molar-refractivity contribution >= 4 is 11.6 Å². The summed E-state index contributed by atoms with van der Waals surface area (Å²) in [6, 6.07) is 0. The molecule has 0 radical (unpaired) electrons. The van der Waals surface area contributed by atoms with Gasteiger partial charge in [0.2, 0.25) is 0 Å². The number of rotatable bonds is 9. The van der Waals surface area contributed by atoms with Crippen molar-refractivity contribution in [3.05, 3.63) is 17.0 Å². The largest absolute Gasteiger partial charge is 0.382 e. The van der Waals surface area contributed by atoms with E-state index < -0.39 is 0 Å². The molecule has 0 aliphatic rings. The quantitative estimate of drug-likeness (QED) is 0.517. The molecule has 4 nitrogen and oxygen atoms in total. The maximum atomic E-state index is 6.34. The number of hydrogen-bond donors (Lipinski definition) is 0. The van der Waals surface area contributed by atoms with Crippen LogP contribution in [0.2, 0.25) is 0 Å². The van der Waals surface area contributed by atoms with E-state index in [0.717, 1.165) is 31.7 Å². The van der Waals surface area contributed by atoms with Gasteiger partial charge in [0.05, 0.1) is 24.3 Å². The monoisotopic (exact) mass is 288 g/mol. The zero-order chi connectivity index (χ0) is 14.3. The summed E-state index contributed by atoms with van der Waals surface area (Å²) in [6.07, 6.45) is 1.87. The van der Waals surface area contributed by atoms with Gasteiger partial charge in [0.1, 0.15) is 0 Å². The van der Waals surface area contributed by atoms with Gasteiger partial charge in [0.15, 0.2) is 0 Å². The molecule has 1 atom stereocenters. The normalized spacial score (nSPS) is 12.9. The average Bonchev–Trinajstić information content (AvgIpc) is 2.68. The third kappa shape index (κ3) is 4.79. The molecule has 0 saturated carbocycles. The summed E-state index contributed by atoms with van der Waals surface area (Å²) in [6.45, 7) is 9.11. The molecule has 0 bridgehead atoms. The van der Waals surface area contributed by atoms with E-state index in [9.17, 15) is 0 Å². The molecule has 0 spiro atoms. The van der Waals surface area contributed by atoms with Gasteiger partial charge in [-0.15, -0.1) is 11.6 Å². The van der Waals surface area contributed by atoms with Gasteiger partial charge < -0.3 is 9.47 Å². The molecule has 1 rings (SSSR count). The molecular formula is C14H25ClN2O2. The molecule has 110 valence electrons. The lowest BCUT2D eigenvalue weighted by atomic mass is 10.1. The molecule has 0 fully saturated rings. The van der Waals surface area contributed by atoms with Crippen molar-refractivity contribution in [2.75, 3.05) is 26.9 Å². The highest BCUT2D eigenvalue weighted by Crippen LogP contribution is 2.29. The van der Waals surface area contributed by atoms with Gasteiger partial charge in [0, 0.05) is 31.5 Å². The third-order valence-electron chi connectivity index (χ3n) is 3.20. The van der Waals surface area contributed by atoms with Crippen LogP contribution in [0.4, 0.5) is 0 Å². The fraction of sp³-hybridized carbons (Fsp3) is 0.786. The Morgan fingerprint density at radius 2 is 2.00 bits per heavy atom. The lowest BCUT2D eigenvalue weighted by molar-refractivity contribution is 0.0676. The van der Waals surface area contributed by atoms with Gasteiger partial charge in [-0.05, 0) is 26.7 Å². The molecule has 0 aromatic carbocycles. The summed E-state index contributed by atoms with van der Waals surface area (Å²) in [5, 5.41) is 4.63. The smallest absolute Gasteiger partial charge is 0.0700 e. The highest BCUT2D eigenvalue weighted by Gasteiger charge is 2.17. The van der Waals surface area contributed by atoms with Gasteiger partial charge in [-0.25, -0.2) is 0 Å². The van der Waals surface area contributed by atoms with Gasteiger partial charge >= 0.3 is 0 Å². The first-order valence-electron chi connectivity index (χ1n) is 6.86. The minimum Gasteiger partial charge on any atom is -0.382 e. The van der Waals surface area contributed by atoms with Crippen LogP contribution in [0.25, 0.3) is 0 Å². The third-order valence-corrected chi connectivity index (χ3v) is 3.73. The molecule has 1 unspecified atom stereocenters. The van der Waals surface area contributed by atoms with Gasteiger partial charge in [-0.3, -0.25) is 4.68 Å². The zero-order valence-electron chi connectivity index (χ0n) is 12.4. The van der Waals surface area contributed by atoms with Crippen molar-refractivity contribution in [3.8, 4) is 0 Å². The minimum absolute atomic E-state index is 0.0618. The first-order chi connectivity index (χ1) is 9.11. The van der Waals surface area contributed by atoms with Crippen LogP contribution in [0.15, 0.2) is 0 Å². The van der Waals surface area contributed by atoms with Crippen LogP contribution in [0, 0.1) is 13.8 Å². The second-order valence-corrected chi connectivity index (χ2v) is 5.17. The van der Waals surface area contributed by atoms with Crippen LogP contribution in [0.5, 0.6) is 0 Å². The second kappa shape index (κ2) is 8.56. The number of halogens is 1. The predicted octanol–water partition coefficient (Wildman–Crippen LogP) is 3.24. The molecule has 1 aromatic heterocycles. The fourth-order valence-electron chi connectivity index (χ4n) is 2.15. The van der Waals surface area contributed by atoms with Crippen LogP contribution in [0.3, 0.4) is 0 Å². The van der Waals surface area contributed by atoms with E-state index in [0.29, 0.717) is 13.2 Å². The van der Waals surface area contributed by atoms with Crippen LogP contribution in [-0.2, 0) is 16.0 Å². The number of hydrogen-bond acceptors (Lipinski definition) is 3. The van der Waals surface area contributed by atoms with E-state index in [4.69, 9.17) is 21.1 Å². The topological polar surface area (TPSA) is 36.3 Å². The predicted molar refractivity (Wildman–Crippen MR) is 77.9 cm³/mol. The van der Waals surface area contributed by atoms with Crippen molar-refractivity contribution in [1.29, 1.82) is 0 Å². The Kier molecular flexibility index (Phi) is 7.42. The van der Waals surface area contributed by atoms with E-state index in [1.54, 1.807) is 7.11 Å². The first kappa shape index (κ1) is 16.5. The van der Waals surface area contributed by atoms with Crippen LogP contribution in [-0.4, -0.2) is 36.7 Å². The highest BCUT2D eigenvalue weighted by atomic mass is 35.5. The second-order valence-electron chi connectivity index (χ2n) is 4.64. The summed E-state index contributed by atoms with van der Waals surface area (Å²) in [5.74, 6) is 0. The molecule has 1 aromatic rings. The summed E-state index contributed by atoms with van der Waals surface area (Å²) in [4.78, 5) is 0. The van der Waals surface area contributed by atoms with E-state index in [2.05, 4.69) is 18.9 Å². The Balaban J connectivity index is 2.46. The van der Waals surface area contributed by atoms with Gasteiger partial charge in [-0.1, -0.05) is 6.92 Å². The Morgan fingerprint density at radius 1 is 1.26 bits per heavy atom. The Hall–Kier alpha value is -0.580. The summed E-state index contributed by atoms with van der Waals surface area (Å²) in [5.41, 5.74) is 3.40. The van der Waals surface area contributed by atoms with Crippen LogP contribution < -0.4 is 0 Å². The average molecular weight is 289 g/mol. The molecular weight excluding hydrogens is 264 g/mol. The fourth-order valence-corrected chi connectivity index (χ4v) is 2.46. The zero-order valence-corrected chi connectivity index (χ0v) is 13.2. The number of aromatic nitrogens is 2. The molecule has 1 heterocycles. The number of nitrogens with zero attached hydrogens (tertiary/aromatic N) is 2. The van der Waals surface area contributed by atoms with Crippen molar-refractivity contribution in [1.82, 2.24) is 9.78 Å². The van der Waals surface area contributed by atoms with Gasteiger partial charge in [0.25, 0.3) is 0 Å². The van der Waals surface area contributed by atoms with Crippen LogP contribution in [0.1, 0.15) is 42.1 Å². The maximum Gasteiger partial charge on any atom is 0.0700 e.